The molecular weight excluding hydrogens is 240 g/mol. The molecule has 0 bridgehead atoms. The summed E-state index contributed by atoms with van der Waals surface area (Å²) in [6.45, 7) is 6.91. The molecule has 0 spiro atoms. The summed E-state index contributed by atoms with van der Waals surface area (Å²) in [5.74, 6) is 0. The predicted molar refractivity (Wildman–Crippen MR) is 87.2 cm³/mol. The van der Waals surface area contributed by atoms with Gasteiger partial charge in [0, 0.05) is 5.41 Å². The smallest absolute Gasteiger partial charge is 0.0217 e. The van der Waals surface area contributed by atoms with Gasteiger partial charge in [-0.3, -0.25) is 0 Å². The minimum atomic E-state index is 0.251. The Morgan fingerprint density at radius 2 is 1.45 bits per heavy atom. The zero-order valence-electron chi connectivity index (χ0n) is 12.9. The molecule has 0 saturated heterocycles. The van der Waals surface area contributed by atoms with Crippen molar-refractivity contribution in [3.8, 4) is 11.1 Å². The minimum Gasteiger partial charge on any atom is -0.0653 e. The van der Waals surface area contributed by atoms with Gasteiger partial charge in [0.1, 0.15) is 0 Å². The standard InChI is InChI=1S/C20H24/c1-4-13-20(14-5-2)18-12-7-6-10-16(18)17-11-8-9-15(3)19(17)20/h6-12H,4-5,13-14H2,1-3H3. The summed E-state index contributed by atoms with van der Waals surface area (Å²) < 4.78 is 0. The number of hydrogen-bond donors (Lipinski definition) is 0. The molecule has 0 N–H and O–H groups in total. The molecule has 0 amide bonds. The van der Waals surface area contributed by atoms with Crippen molar-refractivity contribution in [1.29, 1.82) is 0 Å². The van der Waals surface area contributed by atoms with Crippen LogP contribution >= 0.6 is 0 Å². The normalized spacial score (nSPS) is 14.9. The van der Waals surface area contributed by atoms with Crippen LogP contribution in [0.25, 0.3) is 11.1 Å². The number of hydrogen-bond acceptors (Lipinski definition) is 0. The second-order valence-electron chi connectivity index (χ2n) is 6.13. The molecule has 104 valence electrons. The summed E-state index contributed by atoms with van der Waals surface area (Å²) in [6, 6.07) is 15.9. The first-order valence-corrected chi connectivity index (χ1v) is 7.94. The van der Waals surface area contributed by atoms with E-state index in [4.69, 9.17) is 0 Å². The fraction of sp³-hybridized carbons (Fsp3) is 0.400. The zero-order valence-corrected chi connectivity index (χ0v) is 12.9. The molecular formula is C20H24. The third-order valence-corrected chi connectivity index (χ3v) is 4.84. The molecule has 0 nitrogen and oxygen atoms in total. The maximum absolute atomic E-state index is 2.36. The van der Waals surface area contributed by atoms with E-state index in [1.54, 1.807) is 11.1 Å². The van der Waals surface area contributed by atoms with E-state index >= 15 is 0 Å². The molecule has 1 aliphatic carbocycles. The molecule has 0 aromatic heterocycles. The van der Waals surface area contributed by atoms with Gasteiger partial charge in [0.25, 0.3) is 0 Å². The summed E-state index contributed by atoms with van der Waals surface area (Å²) in [5, 5.41) is 0. The first kappa shape index (κ1) is 13.4. The Morgan fingerprint density at radius 1 is 0.800 bits per heavy atom. The quantitative estimate of drug-likeness (QED) is 0.648. The maximum atomic E-state index is 2.36. The van der Waals surface area contributed by atoms with Crippen LogP contribution < -0.4 is 0 Å². The van der Waals surface area contributed by atoms with Gasteiger partial charge in [-0.05, 0) is 47.6 Å². The van der Waals surface area contributed by atoms with Crippen LogP contribution in [0.1, 0.15) is 56.2 Å². The van der Waals surface area contributed by atoms with Gasteiger partial charge < -0.3 is 0 Å². The molecule has 0 atom stereocenters. The third-order valence-electron chi connectivity index (χ3n) is 4.84. The Bertz CT molecular complexity index is 616. The van der Waals surface area contributed by atoms with Gasteiger partial charge in [0.05, 0.1) is 0 Å². The number of rotatable bonds is 4. The molecule has 0 heteroatoms. The van der Waals surface area contributed by atoms with Crippen molar-refractivity contribution in [3.63, 3.8) is 0 Å². The van der Waals surface area contributed by atoms with Crippen molar-refractivity contribution in [3.05, 3.63) is 59.2 Å². The Kier molecular flexibility index (Phi) is 3.41. The van der Waals surface area contributed by atoms with Gasteiger partial charge in [0.15, 0.2) is 0 Å². The topological polar surface area (TPSA) is 0 Å². The lowest BCUT2D eigenvalue weighted by atomic mass is 9.70. The number of fused-ring (bicyclic) bond motifs is 3. The van der Waals surface area contributed by atoms with E-state index in [1.165, 1.54) is 42.4 Å². The summed E-state index contributed by atoms with van der Waals surface area (Å²) in [6.07, 6.45) is 5.00. The van der Waals surface area contributed by atoms with E-state index in [0.717, 1.165) is 0 Å². The Hall–Kier alpha value is -1.56. The fourth-order valence-corrected chi connectivity index (χ4v) is 4.30. The molecule has 0 fully saturated rings. The van der Waals surface area contributed by atoms with Gasteiger partial charge in [-0.15, -0.1) is 0 Å². The highest BCUT2D eigenvalue weighted by Gasteiger charge is 2.42. The van der Waals surface area contributed by atoms with Crippen LogP contribution in [0.2, 0.25) is 0 Å². The van der Waals surface area contributed by atoms with Crippen LogP contribution in [0.3, 0.4) is 0 Å². The van der Waals surface area contributed by atoms with Crippen molar-refractivity contribution < 1.29 is 0 Å². The van der Waals surface area contributed by atoms with E-state index < -0.39 is 0 Å². The third kappa shape index (κ3) is 1.74. The molecule has 0 radical (unpaired) electrons. The van der Waals surface area contributed by atoms with Crippen molar-refractivity contribution >= 4 is 0 Å². The average molecular weight is 264 g/mol. The van der Waals surface area contributed by atoms with Crippen LogP contribution in [0.5, 0.6) is 0 Å². The lowest BCUT2D eigenvalue weighted by molar-refractivity contribution is 0.434. The highest BCUT2D eigenvalue weighted by Crippen LogP contribution is 2.54. The van der Waals surface area contributed by atoms with Crippen molar-refractivity contribution in [1.82, 2.24) is 0 Å². The predicted octanol–water partition coefficient (Wildman–Crippen LogP) is 5.86. The summed E-state index contributed by atoms with van der Waals surface area (Å²) in [5.41, 5.74) is 7.81. The highest BCUT2D eigenvalue weighted by atomic mass is 14.4. The van der Waals surface area contributed by atoms with Crippen LogP contribution in [-0.2, 0) is 5.41 Å². The van der Waals surface area contributed by atoms with Gasteiger partial charge in [-0.2, -0.15) is 0 Å². The van der Waals surface area contributed by atoms with Gasteiger partial charge >= 0.3 is 0 Å². The maximum Gasteiger partial charge on any atom is 0.0217 e. The highest BCUT2D eigenvalue weighted by molar-refractivity contribution is 5.82. The molecule has 2 aromatic carbocycles. The number of aryl methyl sites for hydroxylation is 1. The molecule has 3 rings (SSSR count). The van der Waals surface area contributed by atoms with Crippen molar-refractivity contribution in [2.75, 3.05) is 0 Å². The first-order valence-electron chi connectivity index (χ1n) is 7.94. The first-order chi connectivity index (χ1) is 9.74. The molecule has 0 unspecified atom stereocenters. The fourth-order valence-electron chi connectivity index (χ4n) is 4.30. The second kappa shape index (κ2) is 5.09. The van der Waals surface area contributed by atoms with Gasteiger partial charge in [-0.25, -0.2) is 0 Å². The molecule has 0 heterocycles. The second-order valence-corrected chi connectivity index (χ2v) is 6.13. The average Bonchev–Trinajstić information content (AvgIpc) is 2.73. The van der Waals surface area contributed by atoms with E-state index in [1.807, 2.05) is 0 Å². The van der Waals surface area contributed by atoms with E-state index in [-0.39, 0.29) is 5.41 Å². The Morgan fingerprint density at radius 3 is 2.15 bits per heavy atom. The van der Waals surface area contributed by atoms with Crippen LogP contribution in [-0.4, -0.2) is 0 Å². The van der Waals surface area contributed by atoms with Gasteiger partial charge in [-0.1, -0.05) is 69.2 Å². The van der Waals surface area contributed by atoms with Crippen LogP contribution in [0, 0.1) is 6.92 Å². The molecule has 0 aliphatic heterocycles. The lowest BCUT2D eigenvalue weighted by Gasteiger charge is -2.33. The SMILES string of the molecule is CCCC1(CCC)c2ccccc2-c2cccc(C)c21. The van der Waals surface area contributed by atoms with Crippen LogP contribution in [0.4, 0.5) is 0 Å². The number of benzene rings is 2. The van der Waals surface area contributed by atoms with E-state index in [9.17, 15) is 0 Å². The summed E-state index contributed by atoms with van der Waals surface area (Å²) in [4.78, 5) is 0. The Balaban J connectivity index is 2.34. The van der Waals surface area contributed by atoms with Crippen molar-refractivity contribution in [2.24, 2.45) is 0 Å². The largest absolute Gasteiger partial charge is 0.0653 e. The minimum absolute atomic E-state index is 0.251. The lowest BCUT2D eigenvalue weighted by Crippen LogP contribution is -2.25. The van der Waals surface area contributed by atoms with Crippen LogP contribution in [0.15, 0.2) is 42.5 Å². The van der Waals surface area contributed by atoms with E-state index in [2.05, 4.69) is 63.2 Å². The van der Waals surface area contributed by atoms with Crippen molar-refractivity contribution in [2.45, 2.75) is 51.9 Å². The zero-order chi connectivity index (χ0) is 14.2. The van der Waals surface area contributed by atoms with Gasteiger partial charge in [0.2, 0.25) is 0 Å². The Labute approximate surface area is 122 Å². The molecule has 20 heavy (non-hydrogen) atoms. The monoisotopic (exact) mass is 264 g/mol. The molecule has 2 aromatic rings. The molecule has 0 saturated carbocycles. The van der Waals surface area contributed by atoms with E-state index in [0.29, 0.717) is 0 Å². The summed E-state index contributed by atoms with van der Waals surface area (Å²) >= 11 is 0. The summed E-state index contributed by atoms with van der Waals surface area (Å²) in [7, 11) is 0. The molecule has 1 aliphatic rings.